The zero-order valence-electron chi connectivity index (χ0n) is 15.0. The summed E-state index contributed by atoms with van der Waals surface area (Å²) in [6.07, 6.45) is -4.58. The van der Waals surface area contributed by atoms with E-state index in [1.807, 2.05) is 0 Å². The average molecular weight is 454 g/mol. The first-order valence-electron chi connectivity index (χ1n) is 8.53. The highest BCUT2D eigenvalue weighted by atomic mass is 35.5. The molecule has 2 aromatic heterocycles. The molecular formula is C18H12Cl2F3N7. The minimum absolute atomic E-state index is 0.0312. The van der Waals surface area contributed by atoms with Crippen LogP contribution in [-0.2, 0) is 12.7 Å². The summed E-state index contributed by atoms with van der Waals surface area (Å²) in [5, 5.41) is 18.5. The Hall–Kier alpha value is -3.11. The van der Waals surface area contributed by atoms with Crippen LogP contribution in [0.3, 0.4) is 0 Å². The van der Waals surface area contributed by atoms with Gasteiger partial charge in [0.2, 0.25) is 5.95 Å². The van der Waals surface area contributed by atoms with E-state index >= 15 is 0 Å². The van der Waals surface area contributed by atoms with Crippen LogP contribution in [0.5, 0.6) is 0 Å². The number of para-hydroxylation sites is 1. The van der Waals surface area contributed by atoms with Crippen molar-refractivity contribution >= 4 is 29.2 Å². The lowest BCUT2D eigenvalue weighted by Gasteiger charge is -2.10. The smallest absolute Gasteiger partial charge is 0.347 e. The van der Waals surface area contributed by atoms with Crippen molar-refractivity contribution < 1.29 is 13.2 Å². The summed E-state index contributed by atoms with van der Waals surface area (Å²) in [7, 11) is 0. The lowest BCUT2D eigenvalue weighted by molar-refractivity contribution is -0.141. The van der Waals surface area contributed by atoms with Crippen LogP contribution in [0.1, 0.15) is 11.4 Å². The standard InChI is InChI=1S/C18H12Cl2F3N7/c19-13-7-4-8-14(16(13)20)30-17(25-27-28-30)24-10-12-9-15(18(21,22)23)26-29(12)11-5-2-1-3-6-11/h1-9H,10H2,(H,24,25,28). The molecule has 2 aromatic carbocycles. The highest BCUT2D eigenvalue weighted by Gasteiger charge is 2.35. The molecule has 0 fully saturated rings. The van der Waals surface area contributed by atoms with Gasteiger partial charge >= 0.3 is 6.18 Å². The predicted molar refractivity (Wildman–Crippen MR) is 105 cm³/mol. The molecule has 0 aliphatic heterocycles. The molecule has 0 unspecified atom stereocenters. The van der Waals surface area contributed by atoms with Gasteiger partial charge in [-0.1, -0.05) is 52.6 Å². The van der Waals surface area contributed by atoms with Gasteiger partial charge in [0, 0.05) is 0 Å². The summed E-state index contributed by atoms with van der Waals surface area (Å²) in [4.78, 5) is 0. The first kappa shape index (κ1) is 20.2. The Bertz CT molecular complexity index is 1170. The topological polar surface area (TPSA) is 73.5 Å². The Morgan fingerprint density at radius 1 is 0.967 bits per heavy atom. The Balaban J connectivity index is 1.66. The molecule has 7 nitrogen and oxygen atoms in total. The van der Waals surface area contributed by atoms with Crippen molar-refractivity contribution in [3.63, 3.8) is 0 Å². The van der Waals surface area contributed by atoms with E-state index in [1.165, 1.54) is 9.36 Å². The summed E-state index contributed by atoms with van der Waals surface area (Å²) in [6.45, 7) is -0.0312. The molecule has 0 saturated heterocycles. The molecule has 4 aromatic rings. The Kier molecular flexibility index (Phi) is 5.35. The van der Waals surface area contributed by atoms with Crippen LogP contribution in [0.2, 0.25) is 10.0 Å². The largest absolute Gasteiger partial charge is 0.435 e. The third-order valence-corrected chi connectivity index (χ3v) is 4.94. The number of anilines is 1. The summed E-state index contributed by atoms with van der Waals surface area (Å²) < 4.78 is 42.2. The third kappa shape index (κ3) is 3.96. The number of alkyl halides is 3. The predicted octanol–water partition coefficient (Wildman–Crippen LogP) is 4.79. The molecule has 12 heteroatoms. The number of nitrogens with one attached hydrogen (secondary N) is 1. The zero-order chi connectivity index (χ0) is 21.3. The van der Waals surface area contributed by atoms with Gasteiger partial charge in [-0.05, 0) is 40.8 Å². The quantitative estimate of drug-likeness (QED) is 0.470. The number of hydrogen-bond donors (Lipinski definition) is 1. The summed E-state index contributed by atoms with van der Waals surface area (Å²) in [5.74, 6) is 0.175. The van der Waals surface area contributed by atoms with Gasteiger partial charge in [0.25, 0.3) is 0 Å². The van der Waals surface area contributed by atoms with Crippen LogP contribution in [0.4, 0.5) is 19.1 Å². The fourth-order valence-electron chi connectivity index (χ4n) is 2.76. The number of rotatable bonds is 5. The minimum atomic E-state index is -4.58. The van der Waals surface area contributed by atoms with E-state index in [2.05, 4.69) is 25.9 Å². The second kappa shape index (κ2) is 7.96. The average Bonchev–Trinajstić information content (AvgIpc) is 3.36. The second-order valence-electron chi connectivity index (χ2n) is 6.11. The van der Waals surface area contributed by atoms with Crippen LogP contribution >= 0.6 is 23.2 Å². The van der Waals surface area contributed by atoms with Gasteiger partial charge in [-0.25, -0.2) is 4.68 Å². The lowest BCUT2D eigenvalue weighted by Crippen LogP contribution is -2.11. The Morgan fingerprint density at radius 2 is 1.73 bits per heavy atom. The van der Waals surface area contributed by atoms with Crippen LogP contribution in [0.15, 0.2) is 54.6 Å². The van der Waals surface area contributed by atoms with Gasteiger partial charge in [-0.2, -0.15) is 23.0 Å². The first-order chi connectivity index (χ1) is 14.3. The van der Waals surface area contributed by atoms with Gasteiger partial charge in [0.15, 0.2) is 5.69 Å². The summed E-state index contributed by atoms with van der Waals surface area (Å²) in [6, 6.07) is 14.4. The fourth-order valence-corrected chi connectivity index (χ4v) is 3.14. The molecular weight excluding hydrogens is 442 g/mol. The molecule has 0 radical (unpaired) electrons. The van der Waals surface area contributed by atoms with Crippen LogP contribution in [0, 0.1) is 0 Å². The van der Waals surface area contributed by atoms with Crippen molar-refractivity contribution in [2.75, 3.05) is 5.32 Å². The molecule has 154 valence electrons. The number of tetrazole rings is 1. The van der Waals surface area contributed by atoms with E-state index in [4.69, 9.17) is 23.2 Å². The molecule has 4 rings (SSSR count). The van der Waals surface area contributed by atoms with Crippen molar-refractivity contribution in [2.24, 2.45) is 0 Å². The minimum Gasteiger partial charge on any atom is -0.347 e. The number of benzene rings is 2. The molecule has 0 spiro atoms. The van der Waals surface area contributed by atoms with Gasteiger partial charge in [0.05, 0.1) is 33.7 Å². The Labute approximate surface area is 178 Å². The van der Waals surface area contributed by atoms with Crippen LogP contribution < -0.4 is 5.32 Å². The highest BCUT2D eigenvalue weighted by molar-refractivity contribution is 6.43. The van der Waals surface area contributed by atoms with E-state index < -0.39 is 11.9 Å². The summed E-state index contributed by atoms with van der Waals surface area (Å²) >= 11 is 12.3. The van der Waals surface area contributed by atoms with Gasteiger partial charge in [-0.15, -0.1) is 0 Å². The third-order valence-electron chi connectivity index (χ3n) is 4.13. The molecule has 0 aliphatic carbocycles. The van der Waals surface area contributed by atoms with Crippen molar-refractivity contribution in [3.8, 4) is 11.4 Å². The number of aromatic nitrogens is 6. The molecule has 0 atom stereocenters. The SMILES string of the molecule is FC(F)(F)c1cc(CNc2nnnn2-c2cccc(Cl)c2Cl)n(-c2ccccc2)n1. The van der Waals surface area contributed by atoms with E-state index in [0.717, 1.165) is 6.07 Å². The molecule has 0 amide bonds. The molecule has 1 N–H and O–H groups in total. The molecule has 0 aliphatic rings. The van der Waals surface area contributed by atoms with Gasteiger partial charge in [0.1, 0.15) is 0 Å². The normalized spacial score (nSPS) is 11.6. The van der Waals surface area contributed by atoms with Crippen molar-refractivity contribution in [2.45, 2.75) is 12.7 Å². The molecule has 0 saturated carbocycles. The monoisotopic (exact) mass is 453 g/mol. The van der Waals surface area contributed by atoms with Gasteiger partial charge < -0.3 is 5.32 Å². The maximum Gasteiger partial charge on any atom is 0.435 e. The molecule has 2 heterocycles. The van der Waals surface area contributed by atoms with E-state index in [0.29, 0.717) is 16.4 Å². The second-order valence-corrected chi connectivity index (χ2v) is 6.89. The van der Waals surface area contributed by atoms with Crippen molar-refractivity contribution in [3.05, 3.63) is 76.0 Å². The highest BCUT2D eigenvalue weighted by Crippen LogP contribution is 2.31. The van der Waals surface area contributed by atoms with Crippen LogP contribution in [-0.4, -0.2) is 30.0 Å². The zero-order valence-corrected chi connectivity index (χ0v) is 16.5. The summed E-state index contributed by atoms with van der Waals surface area (Å²) in [5.41, 5.74) is 0.174. The fraction of sp³-hybridized carbons (Fsp3) is 0.111. The molecule has 0 bridgehead atoms. The maximum atomic E-state index is 13.2. The van der Waals surface area contributed by atoms with E-state index in [-0.39, 0.29) is 23.2 Å². The molecule has 30 heavy (non-hydrogen) atoms. The van der Waals surface area contributed by atoms with E-state index in [1.54, 1.807) is 48.5 Å². The maximum absolute atomic E-state index is 13.2. The first-order valence-corrected chi connectivity index (χ1v) is 9.28. The number of halogens is 5. The van der Waals surface area contributed by atoms with Crippen molar-refractivity contribution in [1.29, 1.82) is 0 Å². The van der Waals surface area contributed by atoms with E-state index in [9.17, 15) is 13.2 Å². The number of hydrogen-bond acceptors (Lipinski definition) is 5. The lowest BCUT2D eigenvalue weighted by atomic mass is 10.3. The van der Waals surface area contributed by atoms with Gasteiger partial charge in [-0.3, -0.25) is 0 Å². The Morgan fingerprint density at radius 3 is 2.47 bits per heavy atom. The number of nitrogens with zero attached hydrogens (tertiary/aromatic N) is 6. The van der Waals surface area contributed by atoms with Crippen LogP contribution in [0.25, 0.3) is 11.4 Å². The van der Waals surface area contributed by atoms with Crippen molar-refractivity contribution in [1.82, 2.24) is 30.0 Å².